The fraction of sp³-hybridized carbons (Fsp3) is 0.0164. The number of nitrogens with zero attached hydrogens (tertiary/aromatic N) is 5. The van der Waals surface area contributed by atoms with E-state index in [-0.39, 0.29) is 27.8 Å². The second-order valence-electron chi connectivity index (χ2n) is 17.0. The summed E-state index contributed by atoms with van der Waals surface area (Å²) in [6.07, 6.45) is 4.92. The van der Waals surface area contributed by atoms with Crippen molar-refractivity contribution >= 4 is 73.0 Å². The molecule has 0 N–H and O–H groups in total. The van der Waals surface area contributed by atoms with Crippen LogP contribution in [0.5, 0.6) is 11.5 Å². The van der Waals surface area contributed by atoms with Crippen LogP contribution >= 0.6 is 0 Å². The zero-order valence-electron chi connectivity index (χ0n) is 39.9. The Morgan fingerprint density at radius 1 is 0.565 bits per heavy atom. The van der Waals surface area contributed by atoms with Gasteiger partial charge in [0.1, 0.15) is 5.82 Å². The van der Waals surface area contributed by atoms with E-state index in [0.717, 1.165) is 44.7 Å². The van der Waals surface area contributed by atoms with Crippen molar-refractivity contribution < 1.29 is 34.5 Å². The van der Waals surface area contributed by atoms with Crippen LogP contribution in [0.4, 0.5) is 17.1 Å². The molecule has 0 saturated heterocycles. The van der Waals surface area contributed by atoms with Gasteiger partial charge in [-0.15, -0.1) is 29.7 Å². The molecule has 3 aromatic heterocycles. The SMILES string of the molecule is [2H]C([2H])([2H])[n+]1[c-]n(-c2[c-]c(Oc3[c-]c4c(cc3)c3ccccc3n4-c3cc(N4c5ccccc5B(c5c(-c6ccccc6)cccc5-c5ccccc5)c5ccccc54)ccn3)ccc2)c2ccccc21.[Pt]. The molecule has 9 aromatic carbocycles. The van der Waals surface area contributed by atoms with Gasteiger partial charge in [-0.2, -0.15) is 18.2 Å². The van der Waals surface area contributed by atoms with E-state index in [1.54, 1.807) is 10.6 Å². The number of aromatic nitrogens is 4. The molecule has 4 heterocycles. The van der Waals surface area contributed by atoms with Crippen molar-refractivity contribution in [1.29, 1.82) is 0 Å². The van der Waals surface area contributed by atoms with Crippen molar-refractivity contribution in [3.63, 3.8) is 0 Å². The zero-order chi connectivity index (χ0) is 47.6. The number of anilines is 3. The predicted molar refractivity (Wildman–Crippen MR) is 276 cm³/mol. The average Bonchev–Trinajstić information content (AvgIpc) is 3.97. The molecule has 0 atom stereocenters. The van der Waals surface area contributed by atoms with E-state index in [1.165, 1.54) is 43.2 Å². The molecule has 0 spiro atoms. The van der Waals surface area contributed by atoms with Gasteiger partial charge in [0.05, 0.1) is 27.8 Å². The van der Waals surface area contributed by atoms with E-state index in [9.17, 15) is 0 Å². The zero-order valence-corrected chi connectivity index (χ0v) is 39.2. The first kappa shape index (κ1) is 38.8. The van der Waals surface area contributed by atoms with E-state index in [2.05, 4.69) is 192 Å². The molecular formula is C61H40BN5OPt-2. The minimum Gasteiger partial charge on any atom is -0.510 e. The van der Waals surface area contributed by atoms with E-state index >= 15 is 0 Å². The average molecular weight is 1070 g/mol. The summed E-state index contributed by atoms with van der Waals surface area (Å²) in [5.41, 5.74) is 15.2. The fourth-order valence-electron chi connectivity index (χ4n) is 10.2. The first-order chi connectivity index (χ1) is 34.9. The Morgan fingerprint density at radius 2 is 1.19 bits per heavy atom. The Morgan fingerprint density at radius 3 is 1.91 bits per heavy atom. The van der Waals surface area contributed by atoms with Gasteiger partial charge in [-0.25, -0.2) is 4.98 Å². The molecule has 0 saturated carbocycles. The Labute approximate surface area is 419 Å². The van der Waals surface area contributed by atoms with Gasteiger partial charge in [0.2, 0.25) is 13.0 Å². The largest absolute Gasteiger partial charge is 0.510 e. The summed E-state index contributed by atoms with van der Waals surface area (Å²) >= 11 is 0. The quantitative estimate of drug-likeness (QED) is 0.0865. The van der Waals surface area contributed by atoms with E-state index in [1.807, 2.05) is 54.7 Å². The molecule has 1 aliphatic rings. The molecule has 0 unspecified atom stereocenters. The number of para-hydroxylation sites is 5. The second-order valence-corrected chi connectivity index (χ2v) is 17.0. The van der Waals surface area contributed by atoms with Gasteiger partial charge >= 0.3 is 0 Å². The van der Waals surface area contributed by atoms with Crippen LogP contribution in [-0.2, 0) is 28.0 Å². The fourth-order valence-corrected chi connectivity index (χ4v) is 10.2. The maximum atomic E-state index is 8.13. The summed E-state index contributed by atoms with van der Waals surface area (Å²) in [5.74, 6) is 1.65. The molecule has 0 amide bonds. The first-order valence-electron chi connectivity index (χ1n) is 24.2. The van der Waals surface area contributed by atoms with E-state index in [4.69, 9.17) is 13.8 Å². The van der Waals surface area contributed by atoms with Gasteiger partial charge in [-0.3, -0.25) is 0 Å². The first-order valence-corrected chi connectivity index (χ1v) is 22.7. The number of hydrogen-bond acceptors (Lipinski definition) is 3. The number of imidazole rings is 1. The third-order valence-electron chi connectivity index (χ3n) is 13.1. The van der Waals surface area contributed by atoms with Crippen LogP contribution in [0.3, 0.4) is 0 Å². The molecule has 13 rings (SSSR count). The number of benzene rings is 9. The van der Waals surface area contributed by atoms with Crippen LogP contribution < -0.4 is 30.6 Å². The van der Waals surface area contributed by atoms with Crippen molar-refractivity contribution in [3.05, 3.63) is 243 Å². The van der Waals surface area contributed by atoms with Gasteiger partial charge < -0.3 is 23.3 Å². The van der Waals surface area contributed by atoms with Crippen molar-refractivity contribution in [2.24, 2.45) is 6.98 Å². The molecule has 0 bridgehead atoms. The summed E-state index contributed by atoms with van der Waals surface area (Å²) in [6, 6.07) is 82.2. The summed E-state index contributed by atoms with van der Waals surface area (Å²) in [7, 11) is 0. The third-order valence-corrected chi connectivity index (χ3v) is 13.1. The van der Waals surface area contributed by atoms with Crippen LogP contribution in [0.15, 0.2) is 225 Å². The molecule has 6 nitrogen and oxygen atoms in total. The maximum Gasteiger partial charge on any atom is 0.248 e. The number of rotatable bonds is 8. The van der Waals surface area contributed by atoms with Crippen LogP contribution in [0, 0.1) is 18.5 Å². The second kappa shape index (κ2) is 17.4. The number of aryl methyl sites for hydroxylation is 1. The van der Waals surface area contributed by atoms with Crippen molar-refractivity contribution in [2.45, 2.75) is 0 Å². The van der Waals surface area contributed by atoms with Crippen LogP contribution in [0.1, 0.15) is 4.11 Å². The molecule has 330 valence electrons. The predicted octanol–water partition coefficient (Wildman–Crippen LogP) is 11.8. The van der Waals surface area contributed by atoms with Gasteiger partial charge in [-0.1, -0.05) is 174 Å². The van der Waals surface area contributed by atoms with Gasteiger partial charge in [0, 0.05) is 61.7 Å². The molecular weight excluding hydrogens is 1020 g/mol. The summed E-state index contributed by atoms with van der Waals surface area (Å²) in [5, 5.41) is 2.06. The molecule has 69 heavy (non-hydrogen) atoms. The van der Waals surface area contributed by atoms with Crippen LogP contribution in [0.2, 0.25) is 0 Å². The molecule has 0 aliphatic carbocycles. The van der Waals surface area contributed by atoms with Gasteiger partial charge in [0.25, 0.3) is 0 Å². The number of pyridine rings is 1. The number of ether oxygens (including phenoxy) is 1. The molecule has 1 aliphatic heterocycles. The summed E-state index contributed by atoms with van der Waals surface area (Å²) in [6.45, 7) is -2.49. The Kier molecular flexibility index (Phi) is 9.81. The van der Waals surface area contributed by atoms with E-state index in [0.29, 0.717) is 28.2 Å². The minimum atomic E-state index is -2.41. The van der Waals surface area contributed by atoms with Gasteiger partial charge in [-0.05, 0) is 62.8 Å². The standard InChI is InChI=1S/C61H40BN5O.Pt/c1-64-41-65(58-33-15-14-32-57(58)64)44-22-16-23-46(38-44)68-47-34-35-51-50-24-8-11-29-54(50)67(59(51)40-47)60-39-45(36-37-63-60)66-55-30-12-9-27-52(55)62(53-28-10-13-31-56(53)66)61-48(42-18-4-2-5-19-42)25-17-26-49(61)43-20-6-3-7-21-43;/h2-37,39H,1H3;/q-2;/i1D3;. The summed E-state index contributed by atoms with van der Waals surface area (Å²) < 4.78 is 36.0. The minimum absolute atomic E-state index is 0. The third kappa shape index (κ3) is 7.17. The van der Waals surface area contributed by atoms with Crippen molar-refractivity contribution in [2.75, 3.05) is 4.90 Å². The topological polar surface area (TPSA) is 39.1 Å². The normalized spacial score (nSPS) is 12.8. The molecule has 12 aromatic rings. The molecule has 0 fully saturated rings. The molecule has 0 radical (unpaired) electrons. The van der Waals surface area contributed by atoms with Crippen LogP contribution in [0.25, 0.3) is 66.6 Å². The van der Waals surface area contributed by atoms with Crippen molar-refractivity contribution in [1.82, 2.24) is 14.1 Å². The monoisotopic (exact) mass is 1070 g/mol. The maximum absolute atomic E-state index is 8.13. The number of fused-ring (bicyclic) bond motifs is 6. The Hall–Kier alpha value is -8.25. The summed E-state index contributed by atoms with van der Waals surface area (Å²) in [4.78, 5) is 7.44. The Balaban J connectivity index is 0.00000530. The van der Waals surface area contributed by atoms with Crippen molar-refractivity contribution in [3.8, 4) is 45.3 Å². The number of hydrogen-bond donors (Lipinski definition) is 0. The van der Waals surface area contributed by atoms with Gasteiger partial charge in [0.15, 0.2) is 0 Å². The molecule has 8 heteroatoms. The van der Waals surface area contributed by atoms with Crippen LogP contribution in [-0.4, -0.2) is 20.8 Å². The Bertz CT molecular complexity index is 3900. The van der Waals surface area contributed by atoms with E-state index < -0.39 is 6.98 Å². The smallest absolute Gasteiger partial charge is 0.248 e.